The van der Waals surface area contributed by atoms with E-state index in [1.165, 1.54) is 16.8 Å². The van der Waals surface area contributed by atoms with Gasteiger partial charge in [-0.3, -0.25) is 0 Å². The highest BCUT2D eigenvalue weighted by molar-refractivity contribution is 5.79. The van der Waals surface area contributed by atoms with E-state index in [4.69, 9.17) is 16.2 Å². The van der Waals surface area contributed by atoms with Crippen LogP contribution in [0.15, 0.2) is 24.4 Å². The number of halogens is 1. The third kappa shape index (κ3) is 3.83. The molecule has 0 saturated carbocycles. The molecule has 1 aromatic heterocycles. The van der Waals surface area contributed by atoms with Gasteiger partial charge >= 0.3 is 0 Å². The molecule has 8 nitrogen and oxygen atoms in total. The molecule has 4 aliphatic heterocycles. The average molecular weight is 542 g/mol. The lowest BCUT2D eigenvalue weighted by molar-refractivity contribution is 0.255. The number of nitrogen functional groups attached to an aromatic ring is 1. The maximum absolute atomic E-state index is 15.7. The number of nitrogens with zero attached hydrogens (tertiary/aromatic N) is 3. The van der Waals surface area contributed by atoms with E-state index < -0.39 is 11.5 Å². The summed E-state index contributed by atoms with van der Waals surface area (Å²) >= 11 is 0. The number of nitrogens with two attached hydrogens (primary N) is 2. The molecule has 3 aromatic rings. The number of pyridine rings is 1. The van der Waals surface area contributed by atoms with E-state index in [0.717, 1.165) is 54.5 Å². The normalized spacial score (nSPS) is 23.2. The van der Waals surface area contributed by atoms with Crippen LogP contribution in [0.25, 0.3) is 23.4 Å². The number of piperazine rings is 1. The van der Waals surface area contributed by atoms with Crippen molar-refractivity contribution in [1.82, 2.24) is 15.2 Å². The Morgan fingerprint density at radius 1 is 1.18 bits per heavy atom. The molecule has 9 heteroatoms. The second-order valence-electron chi connectivity index (χ2n) is 11.7. The Bertz CT molecular complexity index is 1670. The van der Waals surface area contributed by atoms with Crippen LogP contribution in [0.2, 0.25) is 0 Å². The van der Waals surface area contributed by atoms with Gasteiger partial charge in [-0.15, -0.1) is 0 Å². The Labute approximate surface area is 233 Å². The highest BCUT2D eigenvalue weighted by atomic mass is 19.1. The lowest BCUT2D eigenvalue weighted by Gasteiger charge is -2.46. The van der Waals surface area contributed by atoms with Crippen LogP contribution in [-0.4, -0.2) is 55.8 Å². The molecule has 1 fully saturated rings. The van der Waals surface area contributed by atoms with E-state index >= 15 is 4.39 Å². The van der Waals surface area contributed by atoms with E-state index in [1.807, 2.05) is 19.1 Å². The molecule has 1 saturated heterocycles. The van der Waals surface area contributed by atoms with Gasteiger partial charge in [-0.05, 0) is 85.5 Å². The molecule has 0 amide bonds. The molecule has 5 heterocycles. The molecule has 2 atom stereocenters. The number of aryl methyl sites for hydroxylation is 2. The minimum Gasteiger partial charge on any atom is -0.474 e. The standard InChI is InChI=1S/C31H36FN7O/c1-17-10-21(11-19-4-5-22-16-38(3)7-8-39(22)29(17)19)31(34)13-20-12-23(26(32)27(33)25(20)15-37-31)24-14-36-30-28(18(24)2)35-6-9-40-30/h10-15,22,35,37H,4-9,16,33-34H2,1-3H3. The molecule has 0 bridgehead atoms. The predicted octanol–water partition coefficient (Wildman–Crippen LogP) is 1.89. The summed E-state index contributed by atoms with van der Waals surface area (Å²) in [6.07, 6.45) is 7.53. The van der Waals surface area contributed by atoms with Gasteiger partial charge < -0.3 is 36.6 Å². The fourth-order valence-corrected chi connectivity index (χ4v) is 6.90. The minimum atomic E-state index is -0.966. The lowest BCUT2D eigenvalue weighted by atomic mass is 9.86. The van der Waals surface area contributed by atoms with E-state index in [9.17, 15) is 0 Å². The van der Waals surface area contributed by atoms with Gasteiger partial charge in [0.25, 0.3) is 0 Å². The average Bonchev–Trinajstić information content (AvgIpc) is 2.95. The van der Waals surface area contributed by atoms with Crippen LogP contribution in [0, 0.1) is 19.7 Å². The quantitative estimate of drug-likeness (QED) is 0.365. The number of fused-ring (bicyclic) bond motifs is 5. The summed E-state index contributed by atoms with van der Waals surface area (Å²) in [6, 6.07) is 6.83. The van der Waals surface area contributed by atoms with Crippen LogP contribution in [0.3, 0.4) is 0 Å². The van der Waals surface area contributed by atoms with Gasteiger partial charge in [0.1, 0.15) is 18.0 Å². The zero-order valence-corrected chi connectivity index (χ0v) is 23.3. The molecule has 4 aliphatic rings. The Morgan fingerprint density at radius 2 is 2.02 bits per heavy atom. The van der Waals surface area contributed by atoms with Crippen LogP contribution in [0.1, 0.15) is 28.7 Å². The Balaban J connectivity index is 1.32. The molecule has 6 N–H and O–H groups in total. The first kappa shape index (κ1) is 25.2. The minimum absolute atomic E-state index is 0.0855. The number of ether oxygens (including phenoxy) is 1. The fourth-order valence-electron chi connectivity index (χ4n) is 6.90. The van der Waals surface area contributed by atoms with E-state index in [2.05, 4.69) is 51.5 Å². The lowest BCUT2D eigenvalue weighted by Crippen LogP contribution is -2.55. The summed E-state index contributed by atoms with van der Waals surface area (Å²) in [6.45, 7) is 8.56. The Morgan fingerprint density at radius 3 is 2.88 bits per heavy atom. The number of aromatic nitrogens is 1. The Hall–Kier alpha value is -3.82. The number of benzene rings is 2. The third-order valence-electron chi connectivity index (χ3n) is 9.03. The van der Waals surface area contributed by atoms with Gasteiger partial charge in [-0.25, -0.2) is 9.37 Å². The molecule has 208 valence electrons. The maximum atomic E-state index is 15.7. The van der Waals surface area contributed by atoms with Crippen molar-refractivity contribution in [3.63, 3.8) is 0 Å². The van der Waals surface area contributed by atoms with Crippen molar-refractivity contribution in [2.75, 3.05) is 55.8 Å². The van der Waals surface area contributed by atoms with Crippen molar-refractivity contribution in [3.05, 3.63) is 62.9 Å². The van der Waals surface area contributed by atoms with Gasteiger partial charge in [-0.2, -0.15) is 0 Å². The summed E-state index contributed by atoms with van der Waals surface area (Å²) in [5.74, 6) is 0.0669. The van der Waals surface area contributed by atoms with Crippen molar-refractivity contribution in [1.29, 1.82) is 0 Å². The summed E-state index contributed by atoms with van der Waals surface area (Å²) in [4.78, 5) is 9.46. The van der Waals surface area contributed by atoms with Crippen molar-refractivity contribution < 1.29 is 9.13 Å². The first-order valence-electron chi connectivity index (χ1n) is 14.1. The predicted molar refractivity (Wildman–Crippen MR) is 158 cm³/mol. The molecule has 40 heavy (non-hydrogen) atoms. The second-order valence-corrected chi connectivity index (χ2v) is 11.7. The van der Waals surface area contributed by atoms with E-state index in [-0.39, 0.29) is 5.69 Å². The molecule has 2 aromatic carbocycles. The smallest absolute Gasteiger partial charge is 0.237 e. The largest absolute Gasteiger partial charge is 0.474 e. The molecular formula is C31H36FN7O. The molecule has 0 aliphatic carbocycles. The van der Waals surface area contributed by atoms with Gasteiger partial charge in [0, 0.05) is 66.7 Å². The van der Waals surface area contributed by atoms with E-state index in [0.29, 0.717) is 41.4 Å². The molecule has 0 spiro atoms. The topological polar surface area (TPSA) is 105 Å². The molecule has 2 unspecified atom stereocenters. The monoisotopic (exact) mass is 541 g/mol. The fraction of sp³-hybridized carbons (Fsp3) is 0.387. The van der Waals surface area contributed by atoms with Crippen molar-refractivity contribution >= 4 is 29.3 Å². The molecule has 7 rings (SSSR count). The van der Waals surface area contributed by atoms with Crippen LogP contribution in [-0.2, 0) is 12.1 Å². The van der Waals surface area contributed by atoms with Gasteiger partial charge in [0.15, 0.2) is 5.82 Å². The highest BCUT2D eigenvalue weighted by Crippen LogP contribution is 2.39. The first-order valence-corrected chi connectivity index (χ1v) is 14.1. The second kappa shape index (κ2) is 9.11. The highest BCUT2D eigenvalue weighted by Gasteiger charge is 2.34. The summed E-state index contributed by atoms with van der Waals surface area (Å²) in [5, 5.41) is 8.05. The van der Waals surface area contributed by atoms with Crippen LogP contribution >= 0.6 is 0 Å². The zero-order valence-electron chi connectivity index (χ0n) is 23.3. The van der Waals surface area contributed by atoms with Gasteiger partial charge in [-0.1, -0.05) is 0 Å². The number of likely N-dealkylation sites (N-methyl/N-ethyl adjacent to an activating group) is 1. The molecular weight excluding hydrogens is 505 g/mol. The van der Waals surface area contributed by atoms with Crippen molar-refractivity contribution in [2.45, 2.75) is 38.4 Å². The van der Waals surface area contributed by atoms with Crippen LogP contribution in [0.4, 0.5) is 21.5 Å². The summed E-state index contributed by atoms with van der Waals surface area (Å²) in [7, 11) is 2.21. The Kier molecular flexibility index (Phi) is 5.73. The zero-order chi connectivity index (χ0) is 27.8. The van der Waals surface area contributed by atoms with E-state index in [1.54, 1.807) is 12.4 Å². The van der Waals surface area contributed by atoms with Gasteiger partial charge in [0.2, 0.25) is 5.88 Å². The third-order valence-corrected chi connectivity index (χ3v) is 9.03. The number of anilines is 3. The number of hydrogen-bond acceptors (Lipinski definition) is 8. The summed E-state index contributed by atoms with van der Waals surface area (Å²) < 4.78 is 21.4. The SMILES string of the molecule is Cc1cc(C2(N)C=c3cc(-c4cnc5c(c4C)NCCO5)c(F)c(N)c3=CN2)cc2c1N1CCN(C)CC1CC2. The first-order chi connectivity index (χ1) is 19.2. The number of hydrogen-bond donors (Lipinski definition) is 4. The maximum Gasteiger partial charge on any atom is 0.237 e. The van der Waals surface area contributed by atoms with Crippen LogP contribution in [0.5, 0.6) is 5.88 Å². The molecule has 0 radical (unpaired) electrons. The van der Waals surface area contributed by atoms with Crippen molar-refractivity contribution in [3.8, 4) is 17.0 Å². The number of rotatable bonds is 2. The van der Waals surface area contributed by atoms with Crippen LogP contribution < -0.4 is 42.2 Å². The van der Waals surface area contributed by atoms with Crippen molar-refractivity contribution in [2.24, 2.45) is 5.73 Å². The number of nitrogens with one attached hydrogen (secondary N) is 2. The summed E-state index contributed by atoms with van der Waals surface area (Å²) in [5.41, 5.74) is 20.2. The van der Waals surface area contributed by atoms with Gasteiger partial charge in [0.05, 0.1) is 5.69 Å².